The molecule has 0 heterocycles. The summed E-state index contributed by atoms with van der Waals surface area (Å²) in [5.41, 5.74) is 0.233. The highest BCUT2D eigenvalue weighted by Crippen LogP contribution is 2.08. The molecule has 0 bridgehead atoms. The topological polar surface area (TPSA) is 91.3 Å². The van der Waals surface area contributed by atoms with Crippen LogP contribution in [0.25, 0.3) is 0 Å². The van der Waals surface area contributed by atoms with Gasteiger partial charge >= 0.3 is 11.9 Å². The smallest absolute Gasteiger partial charge is 0.296 e. The lowest BCUT2D eigenvalue weighted by Crippen LogP contribution is -2.20. The van der Waals surface area contributed by atoms with E-state index in [2.05, 4.69) is 14.8 Å². The van der Waals surface area contributed by atoms with Crippen LogP contribution in [0.2, 0.25) is 0 Å². The van der Waals surface area contributed by atoms with Crippen molar-refractivity contribution in [1.82, 2.24) is 0 Å². The standard InChI is InChI=1S/C11H14O4.C7H6O3/c1-11(2,3)14-15-13-10(12)9-7-5-4-6-8-9;8-7(10-9)6-4-2-1-3-5-6/h4-8H,1-3H3;1-5,9H. The molecule has 7 nitrogen and oxygen atoms in total. The molecule has 2 aromatic rings. The number of benzene rings is 2. The monoisotopic (exact) mass is 348 g/mol. The summed E-state index contributed by atoms with van der Waals surface area (Å²) in [6.45, 7) is 5.34. The molecule has 0 fully saturated rings. The van der Waals surface area contributed by atoms with Crippen molar-refractivity contribution in [2.45, 2.75) is 26.4 Å². The minimum absolute atomic E-state index is 0.338. The number of hydrogen-bond acceptors (Lipinski definition) is 7. The van der Waals surface area contributed by atoms with E-state index in [9.17, 15) is 9.59 Å². The Hall–Kier alpha value is -2.74. The van der Waals surface area contributed by atoms with E-state index in [1.54, 1.807) is 75.4 Å². The van der Waals surface area contributed by atoms with Crippen LogP contribution in [0.15, 0.2) is 60.7 Å². The molecule has 0 amide bonds. The van der Waals surface area contributed by atoms with Gasteiger partial charge in [0.15, 0.2) is 0 Å². The fourth-order valence-electron chi connectivity index (χ4n) is 1.40. The molecule has 0 aliphatic heterocycles. The Labute approximate surface area is 145 Å². The Morgan fingerprint density at radius 2 is 1.24 bits per heavy atom. The fourth-order valence-corrected chi connectivity index (χ4v) is 1.40. The van der Waals surface area contributed by atoms with Gasteiger partial charge in [0, 0.05) is 0 Å². The highest BCUT2D eigenvalue weighted by molar-refractivity contribution is 5.89. The van der Waals surface area contributed by atoms with Crippen LogP contribution in [0.4, 0.5) is 0 Å². The lowest BCUT2D eigenvalue weighted by Gasteiger charge is -2.15. The summed E-state index contributed by atoms with van der Waals surface area (Å²) in [5, 5.41) is 12.3. The van der Waals surface area contributed by atoms with Crippen molar-refractivity contribution in [1.29, 1.82) is 0 Å². The predicted octanol–water partition coefficient (Wildman–Crippen LogP) is 3.82. The zero-order valence-corrected chi connectivity index (χ0v) is 14.2. The second-order valence-corrected chi connectivity index (χ2v) is 5.75. The molecule has 0 atom stereocenters. The molecule has 1 N–H and O–H groups in total. The van der Waals surface area contributed by atoms with Crippen LogP contribution < -0.4 is 0 Å². The first-order valence-electron chi connectivity index (χ1n) is 7.36. The Balaban J connectivity index is 0.000000271. The van der Waals surface area contributed by atoms with Gasteiger partial charge in [0.25, 0.3) is 0 Å². The molecule has 134 valence electrons. The summed E-state index contributed by atoms with van der Waals surface area (Å²) in [4.78, 5) is 34.6. The third-order valence-electron chi connectivity index (χ3n) is 2.50. The summed E-state index contributed by atoms with van der Waals surface area (Å²) < 4.78 is 0. The van der Waals surface area contributed by atoms with Gasteiger partial charge in [-0.1, -0.05) is 36.4 Å². The average Bonchev–Trinajstić information content (AvgIpc) is 2.62. The SMILES string of the molecule is CC(C)(C)OOOC(=O)c1ccccc1.O=C(OO)c1ccccc1. The lowest BCUT2D eigenvalue weighted by molar-refractivity contribution is -0.510. The Morgan fingerprint density at radius 1 is 0.800 bits per heavy atom. The summed E-state index contributed by atoms with van der Waals surface area (Å²) in [6.07, 6.45) is 0. The molecular formula is C18H20O7. The van der Waals surface area contributed by atoms with Crippen molar-refractivity contribution in [3.63, 3.8) is 0 Å². The largest absolute Gasteiger partial charge is 0.376 e. The van der Waals surface area contributed by atoms with Crippen LogP contribution in [-0.4, -0.2) is 22.8 Å². The van der Waals surface area contributed by atoms with E-state index in [1.165, 1.54) is 0 Å². The number of carbonyl (C=O) groups excluding carboxylic acids is 2. The predicted molar refractivity (Wildman–Crippen MR) is 88.3 cm³/mol. The van der Waals surface area contributed by atoms with E-state index in [1.807, 2.05) is 6.07 Å². The van der Waals surface area contributed by atoms with Crippen molar-refractivity contribution in [3.8, 4) is 0 Å². The molecule has 0 radical (unpaired) electrons. The van der Waals surface area contributed by atoms with Crippen LogP contribution in [0, 0.1) is 0 Å². The number of rotatable bonds is 4. The first-order valence-corrected chi connectivity index (χ1v) is 7.36. The molecular weight excluding hydrogens is 328 g/mol. The molecule has 7 heteroatoms. The van der Waals surface area contributed by atoms with Gasteiger partial charge in [0.05, 0.1) is 16.7 Å². The van der Waals surface area contributed by atoms with Gasteiger partial charge in [-0.05, 0) is 50.1 Å². The van der Waals surface area contributed by atoms with Gasteiger partial charge in [-0.15, -0.1) is 0 Å². The Kier molecular flexibility index (Phi) is 8.28. The highest BCUT2D eigenvalue weighted by Gasteiger charge is 2.14. The Bertz CT molecular complexity index is 648. The van der Waals surface area contributed by atoms with Gasteiger partial charge in [-0.3, -0.25) is 9.78 Å². The van der Waals surface area contributed by atoms with Crippen molar-refractivity contribution in [3.05, 3.63) is 71.8 Å². The minimum atomic E-state index is -0.736. The summed E-state index contributed by atoms with van der Waals surface area (Å²) in [6, 6.07) is 16.8. The second-order valence-electron chi connectivity index (χ2n) is 5.75. The van der Waals surface area contributed by atoms with Crippen LogP contribution >= 0.6 is 0 Å². The normalized spacial score (nSPS) is 10.2. The summed E-state index contributed by atoms with van der Waals surface area (Å²) in [5.74, 6) is -1.32. The lowest BCUT2D eigenvalue weighted by atomic mass is 10.2. The molecule has 0 unspecified atom stereocenters. The van der Waals surface area contributed by atoms with E-state index in [0.717, 1.165) is 0 Å². The first kappa shape index (κ1) is 20.3. The quantitative estimate of drug-likeness (QED) is 0.663. The van der Waals surface area contributed by atoms with Crippen LogP contribution in [0.3, 0.4) is 0 Å². The average molecular weight is 348 g/mol. The highest BCUT2D eigenvalue weighted by atomic mass is 17.5. The minimum Gasteiger partial charge on any atom is -0.296 e. The summed E-state index contributed by atoms with van der Waals surface area (Å²) in [7, 11) is 0. The maximum absolute atomic E-state index is 11.3. The number of hydrogen-bond donors (Lipinski definition) is 1. The van der Waals surface area contributed by atoms with Crippen molar-refractivity contribution in [2.24, 2.45) is 0 Å². The first-order chi connectivity index (χ1) is 11.8. The van der Waals surface area contributed by atoms with Crippen molar-refractivity contribution < 1.29 is 34.5 Å². The molecule has 0 aliphatic rings. The fraction of sp³-hybridized carbons (Fsp3) is 0.222. The van der Waals surface area contributed by atoms with Crippen molar-refractivity contribution in [2.75, 3.05) is 0 Å². The maximum atomic E-state index is 11.3. The number of carbonyl (C=O) groups is 2. The molecule has 0 saturated carbocycles. The summed E-state index contributed by atoms with van der Waals surface area (Å²) >= 11 is 0. The molecule has 0 spiro atoms. The van der Waals surface area contributed by atoms with Crippen LogP contribution in [-0.2, 0) is 19.7 Å². The molecule has 2 rings (SSSR count). The van der Waals surface area contributed by atoms with Gasteiger partial charge < -0.3 is 0 Å². The van der Waals surface area contributed by atoms with Gasteiger partial charge in [-0.2, -0.15) is 10.1 Å². The third kappa shape index (κ3) is 8.61. The molecule has 0 aliphatic carbocycles. The zero-order chi connectivity index (χ0) is 18.7. The van der Waals surface area contributed by atoms with Crippen molar-refractivity contribution >= 4 is 11.9 Å². The second kappa shape index (κ2) is 10.2. The molecule has 0 aromatic heterocycles. The third-order valence-corrected chi connectivity index (χ3v) is 2.50. The molecule has 2 aromatic carbocycles. The van der Waals surface area contributed by atoms with Gasteiger partial charge in [0.1, 0.15) is 0 Å². The maximum Gasteiger partial charge on any atom is 0.376 e. The van der Waals surface area contributed by atoms with E-state index >= 15 is 0 Å². The van der Waals surface area contributed by atoms with E-state index in [-0.39, 0.29) is 0 Å². The van der Waals surface area contributed by atoms with Gasteiger partial charge in [-0.25, -0.2) is 9.59 Å². The molecule has 0 saturated heterocycles. The van der Waals surface area contributed by atoms with E-state index in [0.29, 0.717) is 11.1 Å². The van der Waals surface area contributed by atoms with E-state index in [4.69, 9.17) is 10.1 Å². The molecule has 25 heavy (non-hydrogen) atoms. The zero-order valence-electron chi connectivity index (χ0n) is 14.2. The van der Waals surface area contributed by atoms with Crippen LogP contribution in [0.1, 0.15) is 41.5 Å². The van der Waals surface area contributed by atoms with E-state index < -0.39 is 17.5 Å². The Morgan fingerprint density at radius 3 is 1.64 bits per heavy atom. The van der Waals surface area contributed by atoms with Gasteiger partial charge in [0.2, 0.25) is 0 Å². The van der Waals surface area contributed by atoms with Crippen LogP contribution in [0.5, 0.6) is 0 Å².